The molecule has 6 nitrogen and oxygen atoms in total. The fourth-order valence-corrected chi connectivity index (χ4v) is 2.12. The molecule has 1 N–H and O–H groups in total. The van der Waals surface area contributed by atoms with Crippen LogP contribution in [-0.4, -0.2) is 57.4 Å². The van der Waals surface area contributed by atoms with E-state index in [-0.39, 0.29) is 17.8 Å². The van der Waals surface area contributed by atoms with Crippen LogP contribution < -0.4 is 9.47 Å². The molecule has 118 valence electrons. The van der Waals surface area contributed by atoms with Crippen LogP contribution in [0.15, 0.2) is 12.1 Å². The molecule has 0 aromatic heterocycles. The minimum atomic E-state index is -0.319. The maximum Gasteiger partial charge on any atom is 0.323 e. The summed E-state index contributed by atoms with van der Waals surface area (Å²) in [6.07, 6.45) is 1.22. The Morgan fingerprint density at radius 1 is 1.19 bits per heavy atom. The van der Waals surface area contributed by atoms with Gasteiger partial charge in [0.05, 0.1) is 21.3 Å². The zero-order valence-corrected chi connectivity index (χ0v) is 13.2. The normalized spacial score (nSPS) is 12.1. The molecular formula is C15H23NO5. The van der Waals surface area contributed by atoms with Crippen LogP contribution in [0, 0.1) is 0 Å². The number of phenolic OH excluding ortho intramolecular Hbond substituents is 1. The highest BCUT2D eigenvalue weighted by molar-refractivity contribution is 5.75. The predicted octanol–water partition coefficient (Wildman–Crippen LogP) is 1.45. The molecule has 0 aliphatic heterocycles. The number of phenols is 1. The number of carbonyl (C=O) groups excluding carboxylic acids is 1. The first-order chi connectivity index (χ1) is 9.94. The summed E-state index contributed by atoms with van der Waals surface area (Å²) in [4.78, 5) is 13.5. The number of hydrogen-bond donors (Lipinski definition) is 1. The summed E-state index contributed by atoms with van der Waals surface area (Å²) in [6.45, 7) is 0. The van der Waals surface area contributed by atoms with Gasteiger partial charge in [0.2, 0.25) is 5.75 Å². The van der Waals surface area contributed by atoms with Crippen molar-refractivity contribution < 1.29 is 24.1 Å². The van der Waals surface area contributed by atoms with Gasteiger partial charge in [0.15, 0.2) is 11.5 Å². The fourth-order valence-electron chi connectivity index (χ4n) is 2.12. The lowest BCUT2D eigenvalue weighted by atomic mass is 10.0. The van der Waals surface area contributed by atoms with E-state index in [4.69, 9.17) is 14.2 Å². The Bertz CT molecular complexity index is 462. The van der Waals surface area contributed by atoms with E-state index in [1.807, 2.05) is 19.0 Å². The van der Waals surface area contributed by atoms with Gasteiger partial charge >= 0.3 is 5.97 Å². The van der Waals surface area contributed by atoms with Crippen LogP contribution in [0.4, 0.5) is 0 Å². The molecular weight excluding hydrogens is 274 g/mol. The highest BCUT2D eigenvalue weighted by atomic mass is 16.5. The van der Waals surface area contributed by atoms with Gasteiger partial charge in [0.1, 0.15) is 6.04 Å². The van der Waals surface area contributed by atoms with E-state index in [0.717, 1.165) is 5.56 Å². The molecule has 0 bridgehead atoms. The lowest BCUT2D eigenvalue weighted by molar-refractivity contribution is -0.146. The summed E-state index contributed by atoms with van der Waals surface area (Å²) < 4.78 is 15.0. The summed E-state index contributed by atoms with van der Waals surface area (Å²) in [5.74, 6) is 0.409. The van der Waals surface area contributed by atoms with E-state index in [1.54, 1.807) is 12.1 Å². The van der Waals surface area contributed by atoms with Crippen molar-refractivity contribution in [1.82, 2.24) is 4.90 Å². The third-order valence-corrected chi connectivity index (χ3v) is 3.34. The lowest BCUT2D eigenvalue weighted by Gasteiger charge is -2.21. The first-order valence-corrected chi connectivity index (χ1v) is 6.62. The number of benzene rings is 1. The van der Waals surface area contributed by atoms with Crippen LogP contribution in [0.25, 0.3) is 0 Å². The van der Waals surface area contributed by atoms with E-state index >= 15 is 0 Å². The SMILES string of the molecule is COC(=O)[C@H](CCc1cc(OC)c(O)c(OC)c1)N(C)C. The molecule has 1 aromatic carbocycles. The molecule has 0 saturated heterocycles. The molecule has 0 fully saturated rings. The molecule has 1 atom stereocenters. The summed E-state index contributed by atoms with van der Waals surface area (Å²) in [7, 11) is 8.01. The molecule has 0 spiro atoms. The lowest BCUT2D eigenvalue weighted by Crippen LogP contribution is -2.37. The molecule has 1 aromatic rings. The number of rotatable bonds is 7. The maximum atomic E-state index is 11.7. The van der Waals surface area contributed by atoms with Crippen LogP contribution in [0.5, 0.6) is 17.2 Å². The number of carbonyl (C=O) groups is 1. The van der Waals surface area contributed by atoms with Crippen LogP contribution >= 0.6 is 0 Å². The number of aryl methyl sites for hydroxylation is 1. The van der Waals surface area contributed by atoms with Gasteiger partial charge in [-0.3, -0.25) is 9.69 Å². The Kier molecular flexibility index (Phi) is 6.30. The number of ether oxygens (including phenoxy) is 3. The van der Waals surface area contributed by atoms with Crippen molar-refractivity contribution in [3.63, 3.8) is 0 Å². The molecule has 1 rings (SSSR count). The van der Waals surface area contributed by atoms with Crippen LogP contribution in [0.3, 0.4) is 0 Å². The zero-order valence-electron chi connectivity index (χ0n) is 13.2. The van der Waals surface area contributed by atoms with E-state index in [0.29, 0.717) is 24.3 Å². The van der Waals surface area contributed by atoms with E-state index in [1.165, 1.54) is 21.3 Å². The second-order valence-corrected chi connectivity index (χ2v) is 4.89. The van der Waals surface area contributed by atoms with Crippen molar-refractivity contribution in [3.05, 3.63) is 17.7 Å². The molecule has 0 saturated carbocycles. The van der Waals surface area contributed by atoms with Crippen molar-refractivity contribution >= 4 is 5.97 Å². The van der Waals surface area contributed by atoms with Gasteiger partial charge in [0, 0.05) is 0 Å². The van der Waals surface area contributed by atoms with Crippen LogP contribution in [0.2, 0.25) is 0 Å². The Morgan fingerprint density at radius 3 is 2.10 bits per heavy atom. The van der Waals surface area contributed by atoms with Gasteiger partial charge in [-0.05, 0) is 44.6 Å². The molecule has 0 heterocycles. The Labute approximate surface area is 125 Å². The van der Waals surface area contributed by atoms with Crippen molar-refractivity contribution in [2.45, 2.75) is 18.9 Å². The summed E-state index contributed by atoms with van der Waals surface area (Å²) in [5.41, 5.74) is 0.914. The third kappa shape index (κ3) is 4.26. The number of methoxy groups -OCH3 is 3. The fraction of sp³-hybridized carbons (Fsp3) is 0.533. The topological polar surface area (TPSA) is 68.2 Å². The van der Waals surface area contributed by atoms with Crippen LogP contribution in [0.1, 0.15) is 12.0 Å². The standard InChI is InChI=1S/C15H23NO5/c1-16(2)11(15(18)21-5)7-6-10-8-12(19-3)14(17)13(9-10)20-4/h8-9,11,17H,6-7H2,1-5H3/t11-/m0/s1. The van der Waals surface area contributed by atoms with Crippen molar-refractivity contribution in [2.75, 3.05) is 35.4 Å². The smallest absolute Gasteiger partial charge is 0.323 e. The van der Waals surface area contributed by atoms with E-state index < -0.39 is 0 Å². The molecule has 0 unspecified atom stereocenters. The van der Waals surface area contributed by atoms with Gasteiger partial charge in [-0.15, -0.1) is 0 Å². The highest BCUT2D eigenvalue weighted by Gasteiger charge is 2.21. The first kappa shape index (κ1) is 17.1. The number of hydrogen-bond acceptors (Lipinski definition) is 6. The van der Waals surface area contributed by atoms with E-state index in [9.17, 15) is 9.90 Å². The third-order valence-electron chi connectivity index (χ3n) is 3.34. The summed E-state index contributed by atoms with van der Waals surface area (Å²) >= 11 is 0. The maximum absolute atomic E-state index is 11.7. The monoisotopic (exact) mass is 297 g/mol. The van der Waals surface area contributed by atoms with Crippen molar-refractivity contribution in [3.8, 4) is 17.2 Å². The minimum absolute atomic E-state index is 0.0270. The van der Waals surface area contributed by atoms with Gasteiger partial charge in [0.25, 0.3) is 0 Å². The van der Waals surface area contributed by atoms with Gasteiger partial charge in [-0.25, -0.2) is 0 Å². The van der Waals surface area contributed by atoms with Gasteiger partial charge in [-0.1, -0.05) is 0 Å². The van der Waals surface area contributed by atoms with Crippen molar-refractivity contribution in [1.29, 1.82) is 0 Å². The zero-order chi connectivity index (χ0) is 16.0. The number of aromatic hydroxyl groups is 1. The Morgan fingerprint density at radius 2 is 1.71 bits per heavy atom. The second kappa shape index (κ2) is 7.73. The first-order valence-electron chi connectivity index (χ1n) is 6.62. The molecule has 0 aliphatic rings. The predicted molar refractivity (Wildman–Crippen MR) is 79.0 cm³/mol. The molecule has 0 radical (unpaired) electrons. The molecule has 6 heteroatoms. The average Bonchev–Trinajstić information content (AvgIpc) is 2.47. The molecule has 0 amide bonds. The number of nitrogens with zero attached hydrogens (tertiary/aromatic N) is 1. The highest BCUT2D eigenvalue weighted by Crippen LogP contribution is 2.37. The largest absolute Gasteiger partial charge is 0.502 e. The second-order valence-electron chi connectivity index (χ2n) is 4.89. The van der Waals surface area contributed by atoms with Gasteiger partial charge < -0.3 is 19.3 Å². The van der Waals surface area contributed by atoms with E-state index in [2.05, 4.69) is 0 Å². The quantitative estimate of drug-likeness (QED) is 0.768. The molecule has 0 aliphatic carbocycles. The summed E-state index contributed by atoms with van der Waals surface area (Å²) in [6, 6.07) is 3.16. The Balaban J connectivity index is 2.90. The Hall–Kier alpha value is -1.95. The average molecular weight is 297 g/mol. The number of likely N-dealkylation sites (N-methyl/N-ethyl adjacent to an activating group) is 1. The minimum Gasteiger partial charge on any atom is -0.502 e. The molecule has 21 heavy (non-hydrogen) atoms. The van der Waals surface area contributed by atoms with Gasteiger partial charge in [-0.2, -0.15) is 0 Å². The van der Waals surface area contributed by atoms with Crippen molar-refractivity contribution in [2.24, 2.45) is 0 Å². The number of esters is 1. The summed E-state index contributed by atoms with van der Waals surface area (Å²) in [5, 5.41) is 9.87. The van der Waals surface area contributed by atoms with Crippen LogP contribution in [-0.2, 0) is 16.0 Å².